The number of benzene rings is 1. The van der Waals surface area contributed by atoms with Gasteiger partial charge in [0.15, 0.2) is 5.82 Å². The molecule has 0 unspecified atom stereocenters. The molecule has 2 N–H and O–H groups in total. The number of carbonyl (C=O) groups excluding carboxylic acids is 2. The molecule has 2 heterocycles. The minimum Gasteiger partial charge on any atom is -0.360 e. The maximum Gasteiger partial charge on any atom is 0.244 e. The maximum absolute atomic E-state index is 13.0. The molecule has 0 aliphatic carbocycles. The lowest BCUT2D eigenvalue weighted by molar-refractivity contribution is -0.119. The van der Waals surface area contributed by atoms with E-state index in [9.17, 15) is 18.0 Å². The highest BCUT2D eigenvalue weighted by Crippen LogP contribution is 2.27. The molecule has 1 fully saturated rings. The number of aryl methyl sites for hydroxylation is 1. The molecule has 2 aromatic rings. The van der Waals surface area contributed by atoms with Gasteiger partial charge in [0, 0.05) is 25.2 Å². The van der Waals surface area contributed by atoms with Gasteiger partial charge >= 0.3 is 0 Å². The maximum atomic E-state index is 13.0. The van der Waals surface area contributed by atoms with Crippen LogP contribution in [0.3, 0.4) is 0 Å². The highest BCUT2D eigenvalue weighted by Gasteiger charge is 2.39. The number of nitrogens with zero attached hydrogens (tertiary/aromatic N) is 2. The van der Waals surface area contributed by atoms with E-state index in [4.69, 9.17) is 4.52 Å². The standard InChI is InChI=1S/C17H20N4O5S/c1-11-10-16(20-26-11)19-17(23)15-4-3-9-21(15)27(24,25)14-7-5-13(6-8-14)18-12(2)22/h5-8,10,15H,3-4,9H2,1-2H3,(H,18,22)(H,19,20,23)/t15-/m0/s1. The summed E-state index contributed by atoms with van der Waals surface area (Å²) in [5, 5.41) is 8.87. The third kappa shape index (κ3) is 4.17. The number of aromatic nitrogens is 1. The molecule has 0 saturated carbocycles. The van der Waals surface area contributed by atoms with Gasteiger partial charge in [0.1, 0.15) is 11.8 Å². The number of rotatable bonds is 5. The molecular weight excluding hydrogens is 372 g/mol. The van der Waals surface area contributed by atoms with Crippen LogP contribution < -0.4 is 10.6 Å². The largest absolute Gasteiger partial charge is 0.360 e. The summed E-state index contributed by atoms with van der Waals surface area (Å²) >= 11 is 0. The van der Waals surface area contributed by atoms with E-state index in [-0.39, 0.29) is 23.2 Å². The van der Waals surface area contributed by atoms with Gasteiger partial charge in [-0.25, -0.2) is 8.42 Å². The Morgan fingerprint density at radius 2 is 1.93 bits per heavy atom. The van der Waals surface area contributed by atoms with Crippen LogP contribution >= 0.6 is 0 Å². The van der Waals surface area contributed by atoms with E-state index in [2.05, 4.69) is 15.8 Å². The average Bonchev–Trinajstić information content (AvgIpc) is 3.24. The first-order valence-electron chi connectivity index (χ1n) is 8.41. The summed E-state index contributed by atoms with van der Waals surface area (Å²) in [6.45, 7) is 3.32. The van der Waals surface area contributed by atoms with Gasteiger partial charge < -0.3 is 15.2 Å². The van der Waals surface area contributed by atoms with Crippen LogP contribution in [0.1, 0.15) is 25.5 Å². The molecule has 1 aromatic carbocycles. The van der Waals surface area contributed by atoms with Gasteiger partial charge in [-0.3, -0.25) is 9.59 Å². The van der Waals surface area contributed by atoms with Crippen molar-refractivity contribution in [2.24, 2.45) is 0 Å². The number of carbonyl (C=O) groups is 2. The second kappa shape index (κ2) is 7.49. The third-order valence-corrected chi connectivity index (χ3v) is 6.09. The summed E-state index contributed by atoms with van der Waals surface area (Å²) in [5.74, 6) is 0.103. The molecule has 10 heteroatoms. The Bertz CT molecular complexity index is 952. The fourth-order valence-corrected chi connectivity index (χ4v) is 4.63. The molecule has 144 valence electrons. The predicted molar refractivity (Wildman–Crippen MR) is 97.5 cm³/mol. The highest BCUT2D eigenvalue weighted by molar-refractivity contribution is 7.89. The molecule has 3 rings (SSSR count). The SMILES string of the molecule is CC(=O)Nc1ccc(S(=O)(=O)N2CCC[C@H]2C(=O)Nc2cc(C)on2)cc1. The first-order valence-corrected chi connectivity index (χ1v) is 9.85. The Hall–Kier alpha value is -2.72. The molecule has 0 bridgehead atoms. The number of amides is 2. The summed E-state index contributed by atoms with van der Waals surface area (Å²) in [7, 11) is -3.85. The van der Waals surface area contributed by atoms with Crippen molar-refractivity contribution < 1.29 is 22.5 Å². The van der Waals surface area contributed by atoms with Gasteiger partial charge in [0.2, 0.25) is 21.8 Å². The zero-order chi connectivity index (χ0) is 19.6. The van der Waals surface area contributed by atoms with E-state index in [1.54, 1.807) is 13.0 Å². The molecule has 27 heavy (non-hydrogen) atoms. The van der Waals surface area contributed by atoms with Gasteiger partial charge in [-0.15, -0.1) is 0 Å². The lowest BCUT2D eigenvalue weighted by Crippen LogP contribution is -2.43. The summed E-state index contributed by atoms with van der Waals surface area (Å²) in [5.41, 5.74) is 0.499. The predicted octanol–water partition coefficient (Wildman–Crippen LogP) is 1.73. The molecular formula is C17H20N4O5S. The summed E-state index contributed by atoms with van der Waals surface area (Å²) < 4.78 is 32.0. The molecule has 9 nitrogen and oxygen atoms in total. The van der Waals surface area contributed by atoms with Gasteiger partial charge in [-0.1, -0.05) is 5.16 Å². The van der Waals surface area contributed by atoms with E-state index >= 15 is 0 Å². The molecule has 1 atom stereocenters. The van der Waals surface area contributed by atoms with Gasteiger partial charge in [-0.2, -0.15) is 4.31 Å². The van der Waals surface area contributed by atoms with Crippen molar-refractivity contribution in [1.82, 2.24) is 9.46 Å². The van der Waals surface area contributed by atoms with Gasteiger partial charge in [0.25, 0.3) is 0 Å². The normalized spacial score (nSPS) is 17.6. The minimum atomic E-state index is -3.85. The molecule has 1 aliphatic rings. The fourth-order valence-electron chi connectivity index (χ4n) is 2.97. The topological polar surface area (TPSA) is 122 Å². The van der Waals surface area contributed by atoms with Crippen LogP contribution in [-0.4, -0.2) is 42.3 Å². The van der Waals surface area contributed by atoms with E-state index in [1.807, 2.05) is 0 Å². The molecule has 1 saturated heterocycles. The zero-order valence-corrected chi connectivity index (χ0v) is 15.7. The van der Waals surface area contributed by atoms with Crippen LogP contribution in [-0.2, 0) is 19.6 Å². The first kappa shape index (κ1) is 19.1. The molecule has 0 radical (unpaired) electrons. The van der Waals surface area contributed by atoms with E-state index in [0.717, 1.165) is 0 Å². The Labute approximate surface area is 156 Å². The second-order valence-corrected chi connectivity index (χ2v) is 8.18. The van der Waals surface area contributed by atoms with Crippen molar-refractivity contribution >= 4 is 33.3 Å². The van der Waals surface area contributed by atoms with Crippen molar-refractivity contribution in [2.45, 2.75) is 37.6 Å². The Morgan fingerprint density at radius 3 is 2.52 bits per heavy atom. The van der Waals surface area contributed by atoms with Crippen LogP contribution in [0.4, 0.5) is 11.5 Å². The van der Waals surface area contributed by atoms with Crippen molar-refractivity contribution in [3.8, 4) is 0 Å². The first-order chi connectivity index (χ1) is 12.8. The molecule has 1 aliphatic heterocycles. The van der Waals surface area contributed by atoms with E-state index in [1.165, 1.54) is 35.5 Å². The Morgan fingerprint density at radius 1 is 1.22 bits per heavy atom. The monoisotopic (exact) mass is 392 g/mol. The smallest absolute Gasteiger partial charge is 0.244 e. The summed E-state index contributed by atoms with van der Waals surface area (Å²) in [4.78, 5) is 23.7. The van der Waals surface area contributed by atoms with Gasteiger partial charge in [-0.05, 0) is 44.0 Å². The minimum absolute atomic E-state index is 0.0635. The van der Waals surface area contributed by atoms with Crippen molar-refractivity contribution in [3.63, 3.8) is 0 Å². The lowest BCUT2D eigenvalue weighted by atomic mass is 10.2. The Kier molecular flexibility index (Phi) is 5.29. The average molecular weight is 392 g/mol. The fraction of sp³-hybridized carbons (Fsp3) is 0.353. The van der Waals surface area contributed by atoms with Crippen molar-refractivity contribution in [1.29, 1.82) is 0 Å². The van der Waals surface area contributed by atoms with E-state index < -0.39 is 22.0 Å². The Balaban J connectivity index is 1.78. The van der Waals surface area contributed by atoms with Crippen LogP contribution in [0.25, 0.3) is 0 Å². The number of sulfonamides is 1. The molecule has 2 amide bonds. The van der Waals surface area contributed by atoms with Crippen molar-refractivity contribution in [2.75, 3.05) is 17.2 Å². The second-order valence-electron chi connectivity index (χ2n) is 6.29. The van der Waals surface area contributed by atoms with Crippen LogP contribution in [0.15, 0.2) is 39.8 Å². The van der Waals surface area contributed by atoms with E-state index in [0.29, 0.717) is 24.3 Å². The third-order valence-electron chi connectivity index (χ3n) is 4.17. The number of hydrogen-bond donors (Lipinski definition) is 2. The summed E-state index contributed by atoms with van der Waals surface area (Å²) in [6.07, 6.45) is 1.00. The zero-order valence-electron chi connectivity index (χ0n) is 14.9. The number of hydrogen-bond acceptors (Lipinski definition) is 6. The quantitative estimate of drug-likeness (QED) is 0.799. The lowest BCUT2D eigenvalue weighted by Gasteiger charge is -2.23. The van der Waals surface area contributed by atoms with Crippen molar-refractivity contribution in [3.05, 3.63) is 36.1 Å². The van der Waals surface area contributed by atoms with Crippen LogP contribution in [0.2, 0.25) is 0 Å². The van der Waals surface area contributed by atoms with Gasteiger partial charge in [0.05, 0.1) is 4.90 Å². The highest BCUT2D eigenvalue weighted by atomic mass is 32.2. The summed E-state index contributed by atoms with van der Waals surface area (Å²) in [6, 6.07) is 6.59. The van der Waals surface area contributed by atoms with Crippen LogP contribution in [0, 0.1) is 6.92 Å². The molecule has 1 aromatic heterocycles. The number of nitrogens with one attached hydrogen (secondary N) is 2. The number of anilines is 2. The molecule has 0 spiro atoms. The van der Waals surface area contributed by atoms with Crippen LogP contribution in [0.5, 0.6) is 0 Å².